The van der Waals surface area contributed by atoms with Crippen molar-refractivity contribution in [3.05, 3.63) is 11.9 Å². The standard InChI is InChI=1S/C13H23N5O/c1-4-6-15-12-11(5-2)13(18-9-17-12)16-8-7-14-10(3)19/h9H,4-8H2,1-3H3,(H,14,19)(H2,15,16,17,18). The van der Waals surface area contributed by atoms with Crippen molar-refractivity contribution in [3.63, 3.8) is 0 Å². The Kier molecular flexibility index (Phi) is 6.63. The molecular weight excluding hydrogens is 242 g/mol. The van der Waals surface area contributed by atoms with Crippen molar-refractivity contribution in [1.82, 2.24) is 15.3 Å². The molecule has 0 aliphatic carbocycles. The molecule has 1 amide bonds. The van der Waals surface area contributed by atoms with E-state index in [0.717, 1.165) is 36.6 Å². The molecule has 0 radical (unpaired) electrons. The van der Waals surface area contributed by atoms with E-state index < -0.39 is 0 Å². The van der Waals surface area contributed by atoms with Crippen molar-refractivity contribution in [1.29, 1.82) is 0 Å². The van der Waals surface area contributed by atoms with Crippen molar-refractivity contribution in [3.8, 4) is 0 Å². The number of carbonyl (C=O) groups excluding carboxylic acids is 1. The molecule has 1 aromatic heterocycles. The molecule has 0 spiro atoms. The SMILES string of the molecule is CCCNc1ncnc(NCCNC(C)=O)c1CC. The van der Waals surface area contributed by atoms with E-state index in [1.807, 2.05) is 0 Å². The van der Waals surface area contributed by atoms with Crippen LogP contribution in [0.3, 0.4) is 0 Å². The fraction of sp³-hybridized carbons (Fsp3) is 0.615. The van der Waals surface area contributed by atoms with Gasteiger partial charge in [-0.2, -0.15) is 0 Å². The third-order valence-corrected chi connectivity index (χ3v) is 2.63. The summed E-state index contributed by atoms with van der Waals surface area (Å²) in [5, 5.41) is 9.27. The van der Waals surface area contributed by atoms with Crippen LogP contribution in [0.4, 0.5) is 11.6 Å². The first kappa shape index (κ1) is 15.2. The third kappa shape index (κ3) is 5.11. The molecule has 0 aliphatic rings. The lowest BCUT2D eigenvalue weighted by Gasteiger charge is -2.14. The van der Waals surface area contributed by atoms with Gasteiger partial charge >= 0.3 is 0 Å². The Balaban J connectivity index is 2.63. The van der Waals surface area contributed by atoms with E-state index in [4.69, 9.17) is 0 Å². The van der Waals surface area contributed by atoms with Crippen molar-refractivity contribution in [2.75, 3.05) is 30.3 Å². The average molecular weight is 265 g/mol. The second-order valence-electron chi connectivity index (χ2n) is 4.24. The molecule has 0 saturated carbocycles. The highest BCUT2D eigenvalue weighted by Crippen LogP contribution is 2.19. The highest BCUT2D eigenvalue weighted by atomic mass is 16.1. The topological polar surface area (TPSA) is 78.9 Å². The summed E-state index contributed by atoms with van der Waals surface area (Å²) in [5.74, 6) is 1.70. The van der Waals surface area contributed by atoms with E-state index in [-0.39, 0.29) is 5.91 Å². The second kappa shape index (κ2) is 8.29. The van der Waals surface area contributed by atoms with E-state index in [0.29, 0.717) is 13.1 Å². The Morgan fingerprint density at radius 2 is 1.74 bits per heavy atom. The van der Waals surface area contributed by atoms with Crippen LogP contribution in [-0.4, -0.2) is 35.5 Å². The summed E-state index contributed by atoms with van der Waals surface area (Å²) in [6.07, 6.45) is 3.46. The van der Waals surface area contributed by atoms with Crippen LogP contribution in [0.15, 0.2) is 6.33 Å². The third-order valence-electron chi connectivity index (χ3n) is 2.63. The zero-order valence-electron chi connectivity index (χ0n) is 11.9. The first-order valence-electron chi connectivity index (χ1n) is 6.75. The summed E-state index contributed by atoms with van der Waals surface area (Å²) >= 11 is 0. The molecule has 0 fully saturated rings. The predicted octanol–water partition coefficient (Wildman–Crippen LogP) is 1.41. The van der Waals surface area contributed by atoms with Gasteiger partial charge in [0.1, 0.15) is 18.0 Å². The van der Waals surface area contributed by atoms with Gasteiger partial charge in [0.15, 0.2) is 0 Å². The maximum absolute atomic E-state index is 10.8. The zero-order valence-corrected chi connectivity index (χ0v) is 11.9. The van der Waals surface area contributed by atoms with E-state index in [2.05, 4.69) is 39.8 Å². The number of hydrogen-bond acceptors (Lipinski definition) is 5. The lowest BCUT2D eigenvalue weighted by atomic mass is 10.2. The number of anilines is 2. The van der Waals surface area contributed by atoms with Crippen molar-refractivity contribution in [2.45, 2.75) is 33.6 Å². The molecule has 0 unspecified atom stereocenters. The summed E-state index contributed by atoms with van der Waals surface area (Å²) in [7, 11) is 0. The Bertz CT molecular complexity index is 408. The van der Waals surface area contributed by atoms with Crippen LogP contribution < -0.4 is 16.0 Å². The Hall–Kier alpha value is -1.85. The fourth-order valence-corrected chi connectivity index (χ4v) is 1.71. The van der Waals surface area contributed by atoms with Crippen LogP contribution in [0.5, 0.6) is 0 Å². The molecule has 6 heteroatoms. The quantitative estimate of drug-likeness (QED) is 0.619. The van der Waals surface area contributed by atoms with Crippen molar-refractivity contribution in [2.24, 2.45) is 0 Å². The van der Waals surface area contributed by atoms with Crippen LogP contribution in [0.25, 0.3) is 0 Å². The Morgan fingerprint density at radius 3 is 2.26 bits per heavy atom. The highest BCUT2D eigenvalue weighted by Gasteiger charge is 2.08. The van der Waals surface area contributed by atoms with Crippen LogP contribution in [0.1, 0.15) is 32.8 Å². The van der Waals surface area contributed by atoms with E-state index in [9.17, 15) is 4.79 Å². The molecule has 0 saturated heterocycles. The summed E-state index contributed by atoms with van der Waals surface area (Å²) in [4.78, 5) is 19.3. The molecule has 0 atom stereocenters. The smallest absolute Gasteiger partial charge is 0.216 e. The largest absolute Gasteiger partial charge is 0.370 e. The minimum Gasteiger partial charge on any atom is -0.370 e. The summed E-state index contributed by atoms with van der Waals surface area (Å²) in [6, 6.07) is 0. The average Bonchev–Trinajstić information content (AvgIpc) is 2.41. The van der Waals surface area contributed by atoms with Crippen LogP contribution in [-0.2, 0) is 11.2 Å². The van der Waals surface area contributed by atoms with Gasteiger partial charge in [-0.05, 0) is 12.8 Å². The number of amides is 1. The van der Waals surface area contributed by atoms with Gasteiger partial charge in [0, 0.05) is 32.1 Å². The summed E-state index contributed by atoms with van der Waals surface area (Å²) in [5.41, 5.74) is 1.08. The predicted molar refractivity (Wildman–Crippen MR) is 77.4 cm³/mol. The molecule has 0 bridgehead atoms. The first-order chi connectivity index (χ1) is 9.19. The second-order valence-corrected chi connectivity index (χ2v) is 4.24. The molecule has 1 heterocycles. The summed E-state index contributed by atoms with van der Waals surface area (Å²) < 4.78 is 0. The normalized spacial score (nSPS) is 10.1. The zero-order chi connectivity index (χ0) is 14.1. The van der Waals surface area contributed by atoms with Crippen LogP contribution in [0, 0.1) is 0 Å². The van der Waals surface area contributed by atoms with Gasteiger partial charge in [0.25, 0.3) is 0 Å². The number of nitrogens with one attached hydrogen (secondary N) is 3. The molecule has 0 aliphatic heterocycles. The minimum atomic E-state index is -0.0227. The maximum Gasteiger partial charge on any atom is 0.216 e. The molecular formula is C13H23N5O. The van der Waals surface area contributed by atoms with Crippen molar-refractivity contribution < 1.29 is 4.79 Å². The van der Waals surface area contributed by atoms with Gasteiger partial charge < -0.3 is 16.0 Å². The van der Waals surface area contributed by atoms with E-state index in [1.165, 1.54) is 6.92 Å². The Morgan fingerprint density at radius 1 is 1.11 bits per heavy atom. The lowest BCUT2D eigenvalue weighted by molar-refractivity contribution is -0.118. The van der Waals surface area contributed by atoms with Gasteiger partial charge in [-0.3, -0.25) is 4.79 Å². The fourth-order valence-electron chi connectivity index (χ4n) is 1.71. The van der Waals surface area contributed by atoms with Crippen LogP contribution >= 0.6 is 0 Å². The van der Waals surface area contributed by atoms with Crippen molar-refractivity contribution >= 4 is 17.5 Å². The molecule has 1 rings (SSSR count). The van der Waals surface area contributed by atoms with Crippen LogP contribution in [0.2, 0.25) is 0 Å². The Labute approximate surface area is 114 Å². The highest BCUT2D eigenvalue weighted by molar-refractivity contribution is 5.72. The van der Waals surface area contributed by atoms with Gasteiger partial charge in [-0.25, -0.2) is 9.97 Å². The number of hydrogen-bond donors (Lipinski definition) is 3. The molecule has 6 nitrogen and oxygen atoms in total. The molecule has 3 N–H and O–H groups in total. The number of aromatic nitrogens is 2. The van der Waals surface area contributed by atoms with E-state index in [1.54, 1.807) is 6.33 Å². The number of nitrogens with zero attached hydrogens (tertiary/aromatic N) is 2. The minimum absolute atomic E-state index is 0.0227. The monoisotopic (exact) mass is 265 g/mol. The number of rotatable bonds is 8. The van der Waals surface area contributed by atoms with Gasteiger partial charge in [-0.1, -0.05) is 13.8 Å². The maximum atomic E-state index is 10.8. The molecule has 0 aromatic carbocycles. The van der Waals surface area contributed by atoms with Gasteiger partial charge in [0.05, 0.1) is 0 Å². The number of carbonyl (C=O) groups is 1. The lowest BCUT2D eigenvalue weighted by Crippen LogP contribution is -2.26. The summed E-state index contributed by atoms with van der Waals surface area (Å²) in [6.45, 7) is 7.84. The first-order valence-corrected chi connectivity index (χ1v) is 6.75. The molecule has 19 heavy (non-hydrogen) atoms. The van der Waals surface area contributed by atoms with E-state index >= 15 is 0 Å². The van der Waals surface area contributed by atoms with Gasteiger partial charge in [-0.15, -0.1) is 0 Å². The molecule has 1 aromatic rings. The molecule has 106 valence electrons. The van der Waals surface area contributed by atoms with Gasteiger partial charge in [0.2, 0.25) is 5.91 Å².